The zero-order valence-electron chi connectivity index (χ0n) is 17.0. The Hall–Kier alpha value is -2.65. The number of ether oxygens (including phenoxy) is 2. The average molecular weight is 489 g/mol. The third-order valence-corrected chi connectivity index (χ3v) is 5.34. The lowest BCUT2D eigenvalue weighted by Gasteiger charge is -2.15. The summed E-state index contributed by atoms with van der Waals surface area (Å²) >= 11 is 11.6. The smallest absolute Gasteiger partial charge is 0.416 e. The fraction of sp³-hybridized carbons (Fsp3) is 0.333. The third kappa shape index (κ3) is 5.77. The highest BCUT2D eigenvalue weighted by Gasteiger charge is 2.36. The van der Waals surface area contributed by atoms with Gasteiger partial charge in [-0.05, 0) is 53.4 Å². The molecule has 0 amide bonds. The molecule has 2 aliphatic heterocycles. The molecule has 0 fully saturated rings. The summed E-state index contributed by atoms with van der Waals surface area (Å²) in [6, 6.07) is 8.64. The lowest BCUT2D eigenvalue weighted by Crippen LogP contribution is -2.12. The summed E-state index contributed by atoms with van der Waals surface area (Å²) in [5.74, 6) is 0. The van der Waals surface area contributed by atoms with Crippen LogP contribution >= 0.6 is 23.2 Å². The van der Waals surface area contributed by atoms with E-state index in [2.05, 4.69) is 16.9 Å². The van der Waals surface area contributed by atoms with Crippen molar-refractivity contribution in [1.29, 1.82) is 0 Å². The maximum absolute atomic E-state index is 12.8. The Morgan fingerprint density at radius 2 is 1.44 bits per heavy atom. The van der Waals surface area contributed by atoms with Gasteiger partial charge in [0.1, 0.15) is 25.3 Å². The van der Waals surface area contributed by atoms with Gasteiger partial charge in [0.15, 0.2) is 0 Å². The molecule has 0 radical (unpaired) electrons. The Labute approximate surface area is 193 Å². The molecule has 0 saturated carbocycles. The van der Waals surface area contributed by atoms with Crippen molar-refractivity contribution in [2.24, 2.45) is 21.5 Å². The summed E-state index contributed by atoms with van der Waals surface area (Å²) in [6.07, 6.45) is -3.52. The van der Waals surface area contributed by atoms with Crippen molar-refractivity contribution in [1.82, 2.24) is 0 Å². The Kier molecular flexibility index (Phi) is 7.40. The van der Waals surface area contributed by atoms with Crippen molar-refractivity contribution < 1.29 is 22.6 Å². The molecule has 2 atom stereocenters. The number of rotatable bonds is 3. The van der Waals surface area contributed by atoms with Crippen LogP contribution in [0.2, 0.25) is 10.0 Å². The van der Waals surface area contributed by atoms with Gasteiger partial charge in [0, 0.05) is 10.0 Å². The summed E-state index contributed by atoms with van der Waals surface area (Å²) in [7, 11) is 0. The lowest BCUT2D eigenvalue weighted by molar-refractivity contribution is -0.138. The van der Waals surface area contributed by atoms with Crippen molar-refractivity contribution in [2.45, 2.75) is 31.6 Å². The van der Waals surface area contributed by atoms with E-state index in [-0.39, 0.29) is 35.3 Å². The normalized spacial score (nSPS) is 19.9. The van der Waals surface area contributed by atoms with E-state index in [0.717, 1.165) is 23.1 Å². The number of hydrogen-bond acceptors (Lipinski definition) is 6. The Balaban J connectivity index is 0.000000182. The molecule has 32 heavy (non-hydrogen) atoms. The number of hydrogen-bond donors (Lipinski definition) is 2. The SMILES string of the molecule is CCc1cc(Cl)ccc1C1COC(N)=N1.NC1=N[C@@H](c2cc(Cl)ccc2C(F)(F)F)CO1. The monoisotopic (exact) mass is 488 g/mol. The number of halogens is 5. The van der Waals surface area contributed by atoms with Crippen LogP contribution in [0, 0.1) is 0 Å². The second kappa shape index (κ2) is 9.87. The minimum absolute atomic E-state index is 0.00471. The van der Waals surface area contributed by atoms with Gasteiger partial charge in [-0.1, -0.05) is 36.2 Å². The number of aryl methyl sites for hydroxylation is 1. The van der Waals surface area contributed by atoms with Crippen LogP contribution in [0.5, 0.6) is 0 Å². The van der Waals surface area contributed by atoms with Crippen molar-refractivity contribution in [3.63, 3.8) is 0 Å². The Morgan fingerprint density at radius 1 is 0.906 bits per heavy atom. The van der Waals surface area contributed by atoms with Crippen LogP contribution in [0.25, 0.3) is 0 Å². The molecule has 6 nitrogen and oxygen atoms in total. The molecule has 0 aromatic heterocycles. The molecular formula is C21H21Cl2F3N4O2. The summed E-state index contributed by atoms with van der Waals surface area (Å²) < 4.78 is 48.3. The minimum Gasteiger partial charge on any atom is -0.463 e. The zero-order chi connectivity index (χ0) is 23.5. The van der Waals surface area contributed by atoms with E-state index in [0.29, 0.717) is 6.61 Å². The van der Waals surface area contributed by atoms with Crippen LogP contribution in [0.15, 0.2) is 46.4 Å². The standard InChI is InChI=1S/C11H13ClN2O.C10H8ClF3N2O/c1-2-7-5-8(12)3-4-9(7)10-6-15-11(13)14-10;11-5-1-2-7(10(12,13)14)6(3-5)8-4-17-9(15)16-8/h3-5,10H,2,6H2,1H3,(H2,13,14);1-3,8H,4H2,(H2,15,16)/t;8-/m.1/s1. The highest BCUT2D eigenvalue weighted by molar-refractivity contribution is 6.31. The molecule has 2 aromatic carbocycles. The average Bonchev–Trinajstić information content (AvgIpc) is 3.35. The fourth-order valence-electron chi connectivity index (χ4n) is 3.38. The first-order valence-electron chi connectivity index (χ1n) is 9.65. The first-order valence-corrected chi connectivity index (χ1v) is 10.4. The van der Waals surface area contributed by atoms with Gasteiger partial charge >= 0.3 is 6.18 Å². The largest absolute Gasteiger partial charge is 0.463 e. The predicted molar refractivity (Wildman–Crippen MR) is 118 cm³/mol. The van der Waals surface area contributed by atoms with E-state index in [1.807, 2.05) is 18.2 Å². The molecule has 4 N–H and O–H groups in total. The molecule has 2 heterocycles. The van der Waals surface area contributed by atoms with Crippen molar-refractivity contribution in [3.05, 3.63) is 68.7 Å². The van der Waals surface area contributed by atoms with Crippen LogP contribution in [-0.4, -0.2) is 25.3 Å². The van der Waals surface area contributed by atoms with E-state index < -0.39 is 17.8 Å². The molecular weight excluding hydrogens is 468 g/mol. The van der Waals surface area contributed by atoms with Crippen LogP contribution < -0.4 is 11.5 Å². The van der Waals surface area contributed by atoms with Crippen LogP contribution in [0.4, 0.5) is 13.2 Å². The van der Waals surface area contributed by atoms with E-state index in [4.69, 9.17) is 44.1 Å². The molecule has 4 rings (SSSR count). The van der Waals surface area contributed by atoms with E-state index in [1.54, 1.807) is 0 Å². The number of nitrogens with two attached hydrogens (primary N) is 2. The number of nitrogens with zero attached hydrogens (tertiary/aromatic N) is 2. The molecule has 2 aromatic rings. The van der Waals surface area contributed by atoms with Crippen LogP contribution in [-0.2, 0) is 22.1 Å². The number of aliphatic imine (C=N–C) groups is 2. The zero-order valence-corrected chi connectivity index (χ0v) is 18.5. The Morgan fingerprint density at radius 3 is 1.94 bits per heavy atom. The molecule has 0 saturated heterocycles. The summed E-state index contributed by atoms with van der Waals surface area (Å²) in [6.45, 7) is 2.62. The Bertz CT molecular complexity index is 1040. The quantitative estimate of drug-likeness (QED) is 0.632. The minimum atomic E-state index is -4.45. The lowest BCUT2D eigenvalue weighted by atomic mass is 10.00. The van der Waals surface area contributed by atoms with Gasteiger partial charge in [-0.2, -0.15) is 13.2 Å². The highest BCUT2D eigenvalue weighted by Crippen LogP contribution is 2.38. The third-order valence-electron chi connectivity index (χ3n) is 4.87. The van der Waals surface area contributed by atoms with Gasteiger partial charge in [-0.25, -0.2) is 9.98 Å². The molecule has 172 valence electrons. The van der Waals surface area contributed by atoms with Crippen LogP contribution in [0.1, 0.15) is 41.3 Å². The van der Waals surface area contributed by atoms with Crippen molar-refractivity contribution in [2.75, 3.05) is 13.2 Å². The van der Waals surface area contributed by atoms with E-state index >= 15 is 0 Å². The van der Waals surface area contributed by atoms with Crippen LogP contribution in [0.3, 0.4) is 0 Å². The van der Waals surface area contributed by atoms with E-state index in [1.165, 1.54) is 17.7 Å². The number of benzene rings is 2. The molecule has 1 unspecified atom stereocenters. The second-order valence-corrected chi connectivity index (χ2v) is 7.89. The van der Waals surface area contributed by atoms with E-state index in [9.17, 15) is 13.2 Å². The topological polar surface area (TPSA) is 95.2 Å². The van der Waals surface area contributed by atoms with Gasteiger partial charge in [0.25, 0.3) is 12.0 Å². The first kappa shape index (κ1) is 24.0. The molecule has 2 aliphatic rings. The summed E-state index contributed by atoms with van der Waals surface area (Å²) in [5, 5.41) is 0.972. The first-order chi connectivity index (χ1) is 15.1. The summed E-state index contributed by atoms with van der Waals surface area (Å²) in [4.78, 5) is 8.01. The molecule has 0 spiro atoms. The van der Waals surface area contributed by atoms with Gasteiger partial charge in [-0.3, -0.25) is 0 Å². The number of amidine groups is 2. The molecule has 0 aliphatic carbocycles. The molecule has 11 heteroatoms. The van der Waals surface area contributed by atoms with Gasteiger partial charge in [0.05, 0.1) is 5.56 Å². The van der Waals surface area contributed by atoms with Crippen molar-refractivity contribution in [3.8, 4) is 0 Å². The van der Waals surface area contributed by atoms with Gasteiger partial charge in [-0.15, -0.1) is 0 Å². The van der Waals surface area contributed by atoms with Crippen molar-refractivity contribution >= 4 is 35.2 Å². The fourth-order valence-corrected chi connectivity index (χ4v) is 3.75. The maximum Gasteiger partial charge on any atom is 0.416 e. The highest BCUT2D eigenvalue weighted by atomic mass is 35.5. The summed E-state index contributed by atoms with van der Waals surface area (Å²) in [5.41, 5.74) is 12.3. The maximum atomic E-state index is 12.8. The van der Waals surface area contributed by atoms with Gasteiger partial charge < -0.3 is 20.9 Å². The van der Waals surface area contributed by atoms with Gasteiger partial charge in [0.2, 0.25) is 0 Å². The number of alkyl halides is 3. The predicted octanol–water partition coefficient (Wildman–Crippen LogP) is 5.03. The molecule has 0 bridgehead atoms. The second-order valence-electron chi connectivity index (χ2n) is 7.01.